The van der Waals surface area contributed by atoms with Crippen molar-refractivity contribution in [2.24, 2.45) is 0 Å². The number of ether oxygens (including phenoxy) is 2. The molecule has 4 rings (SSSR count). The highest BCUT2D eigenvalue weighted by atomic mass is 19.1. The van der Waals surface area contributed by atoms with Gasteiger partial charge >= 0.3 is 0 Å². The third kappa shape index (κ3) is 3.75. The molecule has 2 heterocycles. The van der Waals surface area contributed by atoms with Gasteiger partial charge in [0.05, 0.1) is 26.8 Å². The fourth-order valence-corrected chi connectivity index (χ4v) is 3.75. The van der Waals surface area contributed by atoms with Gasteiger partial charge in [-0.3, -0.25) is 4.79 Å². The van der Waals surface area contributed by atoms with Gasteiger partial charge in [-0.15, -0.1) is 0 Å². The average Bonchev–Trinajstić information content (AvgIpc) is 3.14. The van der Waals surface area contributed by atoms with Crippen LogP contribution in [0.5, 0.6) is 11.5 Å². The van der Waals surface area contributed by atoms with E-state index in [9.17, 15) is 13.6 Å². The second-order valence-electron chi connectivity index (χ2n) is 7.00. The molecule has 0 saturated carbocycles. The van der Waals surface area contributed by atoms with E-state index in [1.807, 2.05) is 18.2 Å². The third-order valence-electron chi connectivity index (χ3n) is 5.16. The molecular formula is C21H21F2N3O3. The van der Waals surface area contributed by atoms with Crippen LogP contribution in [0.1, 0.15) is 23.6 Å². The molecule has 0 aromatic heterocycles. The van der Waals surface area contributed by atoms with Crippen molar-refractivity contribution in [2.45, 2.75) is 25.0 Å². The highest BCUT2D eigenvalue weighted by Gasteiger charge is 2.40. The molecule has 1 fully saturated rings. The molecule has 0 radical (unpaired) electrons. The normalized spacial score (nSPS) is 20.8. The van der Waals surface area contributed by atoms with Gasteiger partial charge in [0.1, 0.15) is 17.7 Å². The highest BCUT2D eigenvalue weighted by Crippen LogP contribution is 2.35. The first-order chi connectivity index (χ1) is 14.0. The van der Waals surface area contributed by atoms with E-state index < -0.39 is 17.7 Å². The minimum atomic E-state index is -0.661. The first kappa shape index (κ1) is 19.2. The van der Waals surface area contributed by atoms with Gasteiger partial charge in [0.25, 0.3) is 5.91 Å². The average molecular weight is 401 g/mol. The minimum Gasteiger partial charge on any atom is -0.493 e. The summed E-state index contributed by atoms with van der Waals surface area (Å²) < 4.78 is 37.5. The molecule has 0 aliphatic carbocycles. The molecule has 2 aromatic carbocycles. The molecule has 1 N–H and O–H groups in total. The Labute approximate surface area is 167 Å². The summed E-state index contributed by atoms with van der Waals surface area (Å²) in [5, 5.41) is 1.77. The van der Waals surface area contributed by atoms with Crippen molar-refractivity contribution < 1.29 is 23.0 Å². The SMILES string of the molecule is COc1ccc(C2CC3C(=O)N(Cc4cc(F)cc(F)c4)C=CN3N2)cc1OC. The molecule has 0 bridgehead atoms. The molecule has 0 spiro atoms. The molecule has 152 valence electrons. The molecule has 2 aliphatic heterocycles. The van der Waals surface area contributed by atoms with E-state index in [1.165, 1.54) is 17.0 Å². The first-order valence-corrected chi connectivity index (χ1v) is 9.18. The third-order valence-corrected chi connectivity index (χ3v) is 5.16. The lowest BCUT2D eigenvalue weighted by atomic mass is 10.00. The van der Waals surface area contributed by atoms with Crippen LogP contribution in [0.2, 0.25) is 0 Å². The summed E-state index contributed by atoms with van der Waals surface area (Å²) in [5.41, 5.74) is 4.68. The zero-order valence-electron chi connectivity index (χ0n) is 16.1. The number of methoxy groups -OCH3 is 2. The lowest BCUT2D eigenvalue weighted by Gasteiger charge is -2.31. The van der Waals surface area contributed by atoms with Crippen molar-refractivity contribution in [1.29, 1.82) is 0 Å². The van der Waals surface area contributed by atoms with E-state index in [0.717, 1.165) is 11.6 Å². The number of nitrogens with one attached hydrogen (secondary N) is 1. The van der Waals surface area contributed by atoms with Crippen molar-refractivity contribution in [3.63, 3.8) is 0 Å². The molecule has 2 aliphatic rings. The number of hydrogen-bond donors (Lipinski definition) is 1. The Hall–Kier alpha value is -3.13. The van der Waals surface area contributed by atoms with Crippen LogP contribution in [0.4, 0.5) is 8.78 Å². The van der Waals surface area contributed by atoms with Crippen molar-refractivity contribution in [1.82, 2.24) is 15.3 Å². The predicted molar refractivity (Wildman–Crippen MR) is 102 cm³/mol. The van der Waals surface area contributed by atoms with Crippen LogP contribution in [-0.2, 0) is 11.3 Å². The summed E-state index contributed by atoms with van der Waals surface area (Å²) in [6.07, 6.45) is 3.93. The summed E-state index contributed by atoms with van der Waals surface area (Å²) in [4.78, 5) is 14.4. The maximum absolute atomic E-state index is 13.5. The van der Waals surface area contributed by atoms with Crippen LogP contribution in [0.15, 0.2) is 48.8 Å². The van der Waals surface area contributed by atoms with Gasteiger partial charge in [0.2, 0.25) is 0 Å². The number of amides is 1. The smallest absolute Gasteiger partial charge is 0.251 e. The summed E-state index contributed by atoms with van der Waals surface area (Å²) in [6, 6.07) is 8.43. The monoisotopic (exact) mass is 401 g/mol. The molecular weight excluding hydrogens is 380 g/mol. The lowest BCUT2D eigenvalue weighted by molar-refractivity contribution is -0.134. The van der Waals surface area contributed by atoms with Gasteiger partial charge in [-0.25, -0.2) is 14.2 Å². The molecule has 2 aromatic rings. The second-order valence-corrected chi connectivity index (χ2v) is 7.00. The van der Waals surface area contributed by atoms with Crippen LogP contribution in [-0.4, -0.2) is 36.1 Å². The number of carbonyl (C=O) groups excluding carboxylic acids is 1. The summed E-state index contributed by atoms with van der Waals surface area (Å²) in [7, 11) is 3.15. The van der Waals surface area contributed by atoms with Gasteiger partial charge in [-0.2, -0.15) is 0 Å². The number of rotatable bonds is 5. The van der Waals surface area contributed by atoms with E-state index in [-0.39, 0.29) is 18.5 Å². The minimum absolute atomic E-state index is 0.0834. The number of hydrogen-bond acceptors (Lipinski definition) is 5. The number of nitrogens with zero attached hydrogens (tertiary/aromatic N) is 2. The van der Waals surface area contributed by atoms with Gasteiger partial charge in [-0.1, -0.05) is 6.07 Å². The van der Waals surface area contributed by atoms with Gasteiger partial charge < -0.3 is 19.4 Å². The molecule has 1 saturated heterocycles. The number of carbonyl (C=O) groups is 1. The molecule has 1 amide bonds. The maximum Gasteiger partial charge on any atom is 0.251 e. The number of benzene rings is 2. The topological polar surface area (TPSA) is 54.0 Å². The second kappa shape index (κ2) is 7.71. The summed E-state index contributed by atoms with van der Waals surface area (Å²) in [5.74, 6) is -0.199. The number of halogens is 2. The van der Waals surface area contributed by atoms with E-state index in [2.05, 4.69) is 5.43 Å². The summed E-state index contributed by atoms with van der Waals surface area (Å²) >= 11 is 0. The van der Waals surface area contributed by atoms with E-state index >= 15 is 0 Å². The van der Waals surface area contributed by atoms with Crippen LogP contribution in [0.3, 0.4) is 0 Å². The Morgan fingerprint density at radius 1 is 1.03 bits per heavy atom. The lowest BCUT2D eigenvalue weighted by Crippen LogP contribution is -2.47. The Morgan fingerprint density at radius 3 is 2.45 bits per heavy atom. The zero-order valence-corrected chi connectivity index (χ0v) is 16.1. The fraction of sp³-hybridized carbons (Fsp3) is 0.286. The fourth-order valence-electron chi connectivity index (χ4n) is 3.75. The molecule has 8 heteroatoms. The first-order valence-electron chi connectivity index (χ1n) is 9.18. The Kier molecular flexibility index (Phi) is 5.10. The number of fused-ring (bicyclic) bond motifs is 1. The van der Waals surface area contributed by atoms with E-state index in [1.54, 1.807) is 31.6 Å². The Balaban J connectivity index is 1.50. The molecule has 6 nitrogen and oxygen atoms in total. The largest absolute Gasteiger partial charge is 0.493 e. The van der Waals surface area contributed by atoms with Crippen LogP contribution >= 0.6 is 0 Å². The van der Waals surface area contributed by atoms with Crippen LogP contribution in [0.25, 0.3) is 0 Å². The van der Waals surface area contributed by atoms with Crippen molar-refractivity contribution in [3.05, 3.63) is 71.6 Å². The van der Waals surface area contributed by atoms with Crippen molar-refractivity contribution >= 4 is 5.91 Å². The van der Waals surface area contributed by atoms with Crippen LogP contribution < -0.4 is 14.9 Å². The zero-order chi connectivity index (χ0) is 20.5. The van der Waals surface area contributed by atoms with Crippen molar-refractivity contribution in [2.75, 3.05) is 14.2 Å². The van der Waals surface area contributed by atoms with E-state index in [0.29, 0.717) is 23.5 Å². The predicted octanol–water partition coefficient (Wildman–Crippen LogP) is 3.12. The van der Waals surface area contributed by atoms with Crippen LogP contribution in [0, 0.1) is 11.6 Å². The van der Waals surface area contributed by atoms with Gasteiger partial charge in [0.15, 0.2) is 11.5 Å². The quantitative estimate of drug-likeness (QED) is 0.835. The molecule has 29 heavy (non-hydrogen) atoms. The standard InChI is InChI=1S/C21H21F2N3O3/c1-28-19-4-3-14(9-20(19)29-2)17-11-18-21(27)25(5-6-26(18)24-17)12-13-7-15(22)10-16(23)8-13/h3-10,17-18,24H,11-12H2,1-2H3. The molecule has 2 atom stereocenters. The highest BCUT2D eigenvalue weighted by molar-refractivity contribution is 5.84. The molecule has 2 unspecified atom stereocenters. The van der Waals surface area contributed by atoms with Crippen molar-refractivity contribution in [3.8, 4) is 11.5 Å². The number of hydrazine groups is 1. The Bertz CT molecular complexity index is 946. The maximum atomic E-state index is 13.5. The van der Waals surface area contributed by atoms with Gasteiger partial charge in [0, 0.05) is 18.5 Å². The summed E-state index contributed by atoms with van der Waals surface area (Å²) in [6.45, 7) is 0.107. The Morgan fingerprint density at radius 2 is 1.76 bits per heavy atom. The van der Waals surface area contributed by atoms with Gasteiger partial charge in [-0.05, 0) is 41.8 Å². The van der Waals surface area contributed by atoms with E-state index in [4.69, 9.17) is 9.47 Å².